The summed E-state index contributed by atoms with van der Waals surface area (Å²) in [5, 5.41) is 3.29. The van der Waals surface area contributed by atoms with Crippen LogP contribution in [-0.2, 0) is 9.47 Å². The van der Waals surface area contributed by atoms with Crippen LogP contribution in [0.2, 0.25) is 5.28 Å². The van der Waals surface area contributed by atoms with Crippen LogP contribution in [0.4, 0.5) is 5.82 Å². The number of halogens is 1. The average Bonchev–Trinajstić information content (AvgIpc) is 2.24. The second-order valence-corrected chi connectivity index (χ2v) is 3.29. The van der Waals surface area contributed by atoms with Gasteiger partial charge in [0.1, 0.15) is 5.82 Å². The molecule has 1 aromatic heterocycles. The largest absolute Gasteiger partial charge is 0.365 e. The Kier molecular flexibility index (Phi) is 4.74. The zero-order chi connectivity index (χ0) is 11.3. The maximum absolute atomic E-state index is 5.68. The molecule has 1 heterocycles. The lowest BCUT2D eigenvalue weighted by atomic mass is 10.3. The number of ether oxygens (including phenoxy) is 2. The third kappa shape index (κ3) is 3.62. The van der Waals surface area contributed by atoms with E-state index in [2.05, 4.69) is 15.3 Å². The van der Waals surface area contributed by atoms with E-state index in [1.807, 2.05) is 6.92 Å². The molecular weight excluding hydrogens is 218 g/mol. The predicted molar refractivity (Wildman–Crippen MR) is 58.1 cm³/mol. The molecule has 0 bridgehead atoms. The van der Waals surface area contributed by atoms with Gasteiger partial charge in [0.25, 0.3) is 0 Å². The Bertz CT molecular complexity index is 318. The van der Waals surface area contributed by atoms with Crippen LogP contribution in [0.1, 0.15) is 5.56 Å². The highest BCUT2D eigenvalue weighted by Crippen LogP contribution is 2.12. The predicted octanol–water partition coefficient (Wildman–Crippen LogP) is 1.47. The third-order valence-corrected chi connectivity index (χ3v) is 2.09. The zero-order valence-corrected chi connectivity index (χ0v) is 9.71. The normalized spacial score (nSPS) is 10.7. The first-order chi connectivity index (χ1) is 7.17. The van der Waals surface area contributed by atoms with Crippen molar-refractivity contribution in [2.45, 2.75) is 13.2 Å². The maximum atomic E-state index is 5.68. The number of hydrogen-bond donors (Lipinski definition) is 1. The van der Waals surface area contributed by atoms with Gasteiger partial charge >= 0.3 is 0 Å². The van der Waals surface area contributed by atoms with Crippen molar-refractivity contribution in [2.24, 2.45) is 0 Å². The number of hydrogen-bond acceptors (Lipinski definition) is 5. The number of rotatable bonds is 5. The summed E-state index contributed by atoms with van der Waals surface area (Å²) in [5.41, 5.74) is 0.922. The molecule has 0 aliphatic rings. The van der Waals surface area contributed by atoms with Gasteiger partial charge in [-0.15, -0.1) is 0 Å². The molecule has 0 spiro atoms. The number of aromatic nitrogens is 2. The van der Waals surface area contributed by atoms with E-state index in [0.717, 1.165) is 5.56 Å². The van der Waals surface area contributed by atoms with Crippen LogP contribution >= 0.6 is 11.6 Å². The second-order valence-electron chi connectivity index (χ2n) is 2.95. The molecule has 1 N–H and O–H groups in total. The highest BCUT2D eigenvalue weighted by atomic mass is 35.5. The smallest absolute Gasteiger partial charge is 0.224 e. The van der Waals surface area contributed by atoms with E-state index in [4.69, 9.17) is 21.1 Å². The Morgan fingerprint density at radius 1 is 1.47 bits per heavy atom. The fraction of sp³-hybridized carbons (Fsp3) is 0.556. The molecule has 1 aromatic rings. The Hall–Kier alpha value is -0.910. The number of methoxy groups -OCH3 is 2. The minimum atomic E-state index is -0.307. The van der Waals surface area contributed by atoms with Gasteiger partial charge in [-0.05, 0) is 18.5 Å². The van der Waals surface area contributed by atoms with E-state index in [1.165, 1.54) is 0 Å². The standard InChI is InChI=1S/C9H14ClN3O2/c1-6-4-12-9(10)13-8(6)11-5-7(14-2)15-3/h4,7H,5H2,1-3H3,(H,11,12,13). The fourth-order valence-corrected chi connectivity index (χ4v) is 1.18. The molecule has 15 heavy (non-hydrogen) atoms. The Labute approximate surface area is 93.8 Å². The van der Waals surface area contributed by atoms with E-state index < -0.39 is 0 Å². The van der Waals surface area contributed by atoms with Crippen molar-refractivity contribution in [1.29, 1.82) is 0 Å². The lowest BCUT2D eigenvalue weighted by molar-refractivity contribution is -0.0914. The fourth-order valence-electron chi connectivity index (χ4n) is 1.04. The van der Waals surface area contributed by atoms with Crippen LogP contribution in [0.3, 0.4) is 0 Å². The van der Waals surface area contributed by atoms with Gasteiger partial charge in [0.15, 0.2) is 6.29 Å². The molecule has 0 aliphatic heterocycles. The molecule has 0 saturated heterocycles. The van der Waals surface area contributed by atoms with Crippen LogP contribution in [0, 0.1) is 6.92 Å². The summed E-state index contributed by atoms with van der Waals surface area (Å²) < 4.78 is 10.1. The van der Waals surface area contributed by atoms with Crippen LogP contribution in [0.25, 0.3) is 0 Å². The van der Waals surface area contributed by atoms with Crippen molar-refractivity contribution in [3.8, 4) is 0 Å². The van der Waals surface area contributed by atoms with Gasteiger partial charge in [0.05, 0.1) is 6.54 Å². The molecule has 0 aliphatic carbocycles. The minimum Gasteiger partial charge on any atom is -0.365 e. The third-order valence-electron chi connectivity index (χ3n) is 1.90. The van der Waals surface area contributed by atoms with E-state index >= 15 is 0 Å². The van der Waals surface area contributed by atoms with Gasteiger partial charge in [-0.2, -0.15) is 0 Å². The summed E-state index contributed by atoms with van der Waals surface area (Å²) in [6.45, 7) is 2.40. The van der Waals surface area contributed by atoms with Crippen molar-refractivity contribution in [3.63, 3.8) is 0 Å². The number of nitrogens with zero attached hydrogens (tertiary/aromatic N) is 2. The van der Waals surface area contributed by atoms with Crippen molar-refractivity contribution < 1.29 is 9.47 Å². The number of aryl methyl sites for hydroxylation is 1. The summed E-state index contributed by atoms with van der Waals surface area (Å²) in [7, 11) is 3.16. The zero-order valence-electron chi connectivity index (χ0n) is 8.95. The second kappa shape index (κ2) is 5.85. The number of anilines is 1. The van der Waals surface area contributed by atoms with Gasteiger partial charge in [-0.1, -0.05) is 0 Å². The molecule has 0 unspecified atom stereocenters. The Balaban J connectivity index is 2.60. The van der Waals surface area contributed by atoms with E-state index in [-0.39, 0.29) is 11.6 Å². The lowest BCUT2D eigenvalue weighted by Crippen LogP contribution is -2.24. The van der Waals surface area contributed by atoms with Crippen molar-refractivity contribution >= 4 is 17.4 Å². The maximum Gasteiger partial charge on any atom is 0.224 e. The quantitative estimate of drug-likeness (QED) is 0.614. The summed E-state index contributed by atoms with van der Waals surface area (Å²) in [6, 6.07) is 0. The first-order valence-electron chi connectivity index (χ1n) is 4.46. The van der Waals surface area contributed by atoms with Gasteiger partial charge in [0, 0.05) is 26.0 Å². The molecule has 0 radical (unpaired) electrons. The van der Waals surface area contributed by atoms with Crippen molar-refractivity contribution in [1.82, 2.24) is 9.97 Å². The topological polar surface area (TPSA) is 56.3 Å². The molecule has 0 fully saturated rings. The van der Waals surface area contributed by atoms with Gasteiger partial charge in [-0.25, -0.2) is 9.97 Å². The number of nitrogens with one attached hydrogen (secondary N) is 1. The minimum absolute atomic E-state index is 0.217. The summed E-state index contributed by atoms with van der Waals surface area (Å²) in [4.78, 5) is 7.90. The molecule has 5 nitrogen and oxygen atoms in total. The van der Waals surface area contributed by atoms with Gasteiger partial charge in [0.2, 0.25) is 5.28 Å². The van der Waals surface area contributed by atoms with E-state index in [9.17, 15) is 0 Å². The first-order valence-corrected chi connectivity index (χ1v) is 4.83. The van der Waals surface area contributed by atoms with Crippen molar-refractivity contribution in [3.05, 3.63) is 17.0 Å². The summed E-state index contributed by atoms with van der Waals surface area (Å²) in [6.07, 6.45) is 1.35. The molecule has 0 amide bonds. The average molecular weight is 232 g/mol. The highest BCUT2D eigenvalue weighted by Gasteiger charge is 2.07. The van der Waals surface area contributed by atoms with E-state index in [0.29, 0.717) is 12.4 Å². The summed E-state index contributed by atoms with van der Waals surface area (Å²) in [5.74, 6) is 0.689. The van der Waals surface area contributed by atoms with Gasteiger partial charge in [-0.3, -0.25) is 0 Å². The first kappa shape index (κ1) is 12.2. The van der Waals surface area contributed by atoms with Crippen LogP contribution in [0.5, 0.6) is 0 Å². The Morgan fingerprint density at radius 3 is 2.73 bits per heavy atom. The summed E-state index contributed by atoms with van der Waals surface area (Å²) >= 11 is 5.68. The molecule has 0 saturated carbocycles. The van der Waals surface area contributed by atoms with E-state index in [1.54, 1.807) is 20.4 Å². The molecule has 1 rings (SSSR count). The monoisotopic (exact) mass is 231 g/mol. The molecule has 6 heteroatoms. The van der Waals surface area contributed by atoms with Crippen LogP contribution < -0.4 is 5.32 Å². The molecule has 0 atom stereocenters. The van der Waals surface area contributed by atoms with Gasteiger partial charge < -0.3 is 14.8 Å². The molecule has 0 aromatic carbocycles. The molecule has 84 valence electrons. The SMILES string of the molecule is COC(CNc1nc(Cl)ncc1C)OC. The lowest BCUT2D eigenvalue weighted by Gasteiger charge is -2.15. The molecular formula is C9H14ClN3O2. The highest BCUT2D eigenvalue weighted by molar-refractivity contribution is 6.28. The van der Waals surface area contributed by atoms with Crippen LogP contribution in [-0.4, -0.2) is 37.0 Å². The Morgan fingerprint density at radius 2 is 2.13 bits per heavy atom. The van der Waals surface area contributed by atoms with Crippen molar-refractivity contribution in [2.75, 3.05) is 26.1 Å². The van der Waals surface area contributed by atoms with Crippen LogP contribution in [0.15, 0.2) is 6.20 Å².